The van der Waals surface area contributed by atoms with Crippen LogP contribution < -0.4 is 10.2 Å². The summed E-state index contributed by atoms with van der Waals surface area (Å²) in [6.07, 6.45) is 1.12. The van der Waals surface area contributed by atoms with Crippen molar-refractivity contribution in [1.29, 1.82) is 0 Å². The lowest BCUT2D eigenvalue weighted by Gasteiger charge is -2.41. The van der Waals surface area contributed by atoms with E-state index in [1.165, 1.54) is 12.1 Å². The number of amides is 1. The molecule has 1 aromatic carbocycles. The van der Waals surface area contributed by atoms with Crippen LogP contribution in [-0.2, 0) is 21.4 Å². The lowest BCUT2D eigenvalue weighted by molar-refractivity contribution is -0.120. The molecule has 1 N–H and O–H groups in total. The van der Waals surface area contributed by atoms with Crippen molar-refractivity contribution in [3.05, 3.63) is 59.2 Å². The van der Waals surface area contributed by atoms with E-state index in [4.69, 9.17) is 9.72 Å². The molecule has 0 saturated carbocycles. The average molecular weight is 528 g/mol. The number of hydrogen-bond acceptors (Lipinski definition) is 6. The second-order valence-electron chi connectivity index (χ2n) is 11.8. The molecule has 4 heterocycles. The molecule has 4 atom stereocenters. The van der Waals surface area contributed by atoms with Crippen molar-refractivity contribution < 1.29 is 18.3 Å². The van der Waals surface area contributed by atoms with Crippen LogP contribution in [0.1, 0.15) is 37.6 Å². The van der Waals surface area contributed by atoms with Crippen LogP contribution in [-0.4, -0.2) is 98.0 Å². The number of alkyl halides is 1. The largest absolute Gasteiger partial charge is 0.377 e. The molecule has 2 aromatic rings. The number of likely N-dealkylation sites (tertiary alicyclic amines) is 1. The second-order valence-corrected chi connectivity index (χ2v) is 11.8. The zero-order chi connectivity index (χ0) is 27.0. The van der Waals surface area contributed by atoms with Gasteiger partial charge in [-0.1, -0.05) is 26.0 Å². The quantitative estimate of drug-likeness (QED) is 0.598. The lowest BCUT2D eigenvalue weighted by atomic mass is 9.91. The van der Waals surface area contributed by atoms with Crippen LogP contribution >= 0.6 is 0 Å². The van der Waals surface area contributed by atoms with E-state index in [1.807, 2.05) is 11.1 Å². The minimum atomic E-state index is -0.981. The fourth-order valence-electron chi connectivity index (χ4n) is 6.08. The van der Waals surface area contributed by atoms with E-state index in [1.54, 1.807) is 19.2 Å². The summed E-state index contributed by atoms with van der Waals surface area (Å²) in [5, 5.41) is 3.53. The Bertz CT molecular complexity index is 1140. The van der Waals surface area contributed by atoms with Crippen molar-refractivity contribution in [2.24, 2.45) is 0 Å². The first-order valence-corrected chi connectivity index (χ1v) is 13.5. The predicted octanol–water partition coefficient (Wildman–Crippen LogP) is 2.77. The molecule has 0 aliphatic carbocycles. The standard InChI is InChI=1S/C29H39F2N5O2/c1-19-13-35(23(12-32-19)14-34-15-24(31)26(16-34)38-4)17-27(37)36-18-29(2,3)28-25(36)10-21(11-33-28)9-20-5-7-22(30)8-6-20/h5-8,10-11,19,23-24,26,32H,9,12-18H2,1-4H3/t19-,23-,24+,26-/m1/s1. The molecule has 2 saturated heterocycles. The lowest BCUT2D eigenvalue weighted by Crippen LogP contribution is -2.60. The Labute approximate surface area is 224 Å². The van der Waals surface area contributed by atoms with Crippen molar-refractivity contribution in [3.63, 3.8) is 0 Å². The van der Waals surface area contributed by atoms with Crippen LogP contribution in [0.4, 0.5) is 14.5 Å². The van der Waals surface area contributed by atoms with Crippen LogP contribution in [0.25, 0.3) is 0 Å². The molecule has 1 amide bonds. The Kier molecular flexibility index (Phi) is 7.82. The van der Waals surface area contributed by atoms with Crippen molar-refractivity contribution in [2.45, 2.75) is 57.0 Å². The normalized spacial score (nSPS) is 27.6. The third-order valence-corrected chi connectivity index (χ3v) is 8.14. The molecule has 0 bridgehead atoms. The second kappa shape index (κ2) is 11.0. The van der Waals surface area contributed by atoms with Gasteiger partial charge in [0.2, 0.25) is 5.91 Å². The minimum Gasteiger partial charge on any atom is -0.377 e. The third kappa shape index (κ3) is 5.76. The fourth-order valence-corrected chi connectivity index (χ4v) is 6.08. The first-order valence-electron chi connectivity index (χ1n) is 13.5. The SMILES string of the molecule is CO[C@@H]1CN(C[C@H]2CN[C@H](C)CN2CC(=O)N2CC(C)(C)c3ncc(Cc4ccc(F)cc4)cc32)C[C@@H]1F. The molecule has 7 nitrogen and oxygen atoms in total. The van der Waals surface area contributed by atoms with Crippen LogP contribution in [0.3, 0.4) is 0 Å². The van der Waals surface area contributed by atoms with Gasteiger partial charge >= 0.3 is 0 Å². The maximum absolute atomic E-state index is 14.3. The summed E-state index contributed by atoms with van der Waals surface area (Å²) in [6.45, 7) is 10.4. The van der Waals surface area contributed by atoms with E-state index >= 15 is 0 Å². The number of anilines is 1. The number of aromatic nitrogens is 1. The molecule has 3 aliphatic rings. The van der Waals surface area contributed by atoms with Gasteiger partial charge in [0, 0.05) is 70.1 Å². The maximum Gasteiger partial charge on any atom is 0.241 e. The highest BCUT2D eigenvalue weighted by Crippen LogP contribution is 2.39. The first-order chi connectivity index (χ1) is 18.1. The van der Waals surface area contributed by atoms with Crippen molar-refractivity contribution >= 4 is 11.6 Å². The van der Waals surface area contributed by atoms with Crippen LogP contribution in [0.2, 0.25) is 0 Å². The van der Waals surface area contributed by atoms with Gasteiger partial charge in [0.1, 0.15) is 18.1 Å². The number of carbonyl (C=O) groups is 1. The summed E-state index contributed by atoms with van der Waals surface area (Å²) in [7, 11) is 1.56. The van der Waals surface area contributed by atoms with E-state index in [9.17, 15) is 13.6 Å². The molecule has 206 valence electrons. The molecule has 0 radical (unpaired) electrons. The number of benzene rings is 1. The maximum atomic E-state index is 14.3. The van der Waals surface area contributed by atoms with E-state index in [0.29, 0.717) is 39.1 Å². The molecule has 1 aromatic heterocycles. The molecule has 0 spiro atoms. The molecule has 9 heteroatoms. The highest BCUT2D eigenvalue weighted by molar-refractivity contribution is 5.97. The van der Waals surface area contributed by atoms with Crippen LogP contribution in [0, 0.1) is 5.82 Å². The van der Waals surface area contributed by atoms with Crippen LogP contribution in [0.5, 0.6) is 0 Å². The summed E-state index contributed by atoms with van der Waals surface area (Å²) in [4.78, 5) is 24.8. The highest BCUT2D eigenvalue weighted by atomic mass is 19.1. The number of fused-ring (bicyclic) bond motifs is 1. The number of nitrogens with zero attached hydrogens (tertiary/aromatic N) is 4. The Morgan fingerprint density at radius 3 is 2.66 bits per heavy atom. The number of piperazine rings is 1. The summed E-state index contributed by atoms with van der Waals surface area (Å²) in [5.41, 5.74) is 3.52. The van der Waals surface area contributed by atoms with E-state index in [2.05, 4.69) is 42.0 Å². The summed E-state index contributed by atoms with van der Waals surface area (Å²) in [6, 6.07) is 8.92. The van der Waals surface area contributed by atoms with Gasteiger partial charge in [-0.3, -0.25) is 19.6 Å². The van der Waals surface area contributed by atoms with Crippen molar-refractivity contribution in [3.8, 4) is 0 Å². The summed E-state index contributed by atoms with van der Waals surface area (Å²) < 4.78 is 32.9. The molecule has 38 heavy (non-hydrogen) atoms. The van der Waals surface area contributed by atoms with Crippen molar-refractivity contribution in [1.82, 2.24) is 20.1 Å². The van der Waals surface area contributed by atoms with Crippen LogP contribution in [0.15, 0.2) is 36.5 Å². The Morgan fingerprint density at radius 1 is 1.18 bits per heavy atom. The molecular weight excluding hydrogens is 488 g/mol. The number of rotatable bonds is 7. The van der Waals surface area contributed by atoms with Gasteiger partial charge in [-0.15, -0.1) is 0 Å². The van der Waals surface area contributed by atoms with Gasteiger partial charge in [-0.2, -0.15) is 0 Å². The van der Waals surface area contributed by atoms with E-state index in [0.717, 1.165) is 35.6 Å². The van der Waals surface area contributed by atoms with E-state index < -0.39 is 6.17 Å². The number of carbonyl (C=O) groups excluding carboxylic acids is 1. The van der Waals surface area contributed by atoms with Gasteiger partial charge in [-0.25, -0.2) is 8.78 Å². The fraction of sp³-hybridized carbons (Fsp3) is 0.586. The Hall–Kier alpha value is -2.46. The number of methoxy groups -OCH3 is 1. The van der Waals surface area contributed by atoms with Gasteiger partial charge in [-0.05, 0) is 42.7 Å². The number of halogens is 2. The molecular formula is C29H39F2N5O2. The topological polar surface area (TPSA) is 60.9 Å². The minimum absolute atomic E-state index is 0.0521. The number of pyridine rings is 1. The monoisotopic (exact) mass is 527 g/mol. The highest BCUT2D eigenvalue weighted by Gasteiger charge is 2.41. The molecule has 2 fully saturated rings. The number of hydrogen-bond donors (Lipinski definition) is 1. The number of ether oxygens (including phenoxy) is 1. The summed E-state index contributed by atoms with van der Waals surface area (Å²) >= 11 is 0. The average Bonchev–Trinajstić information content (AvgIpc) is 3.37. The van der Waals surface area contributed by atoms with E-state index in [-0.39, 0.29) is 35.3 Å². The van der Waals surface area contributed by atoms with Gasteiger partial charge < -0.3 is 15.0 Å². The van der Waals surface area contributed by atoms with Gasteiger partial charge in [0.05, 0.1) is 17.9 Å². The van der Waals surface area contributed by atoms with Crippen molar-refractivity contribution in [2.75, 3.05) is 57.8 Å². The van der Waals surface area contributed by atoms with Gasteiger partial charge in [0.25, 0.3) is 0 Å². The number of nitrogens with one attached hydrogen (secondary N) is 1. The van der Waals surface area contributed by atoms with Gasteiger partial charge in [0.15, 0.2) is 0 Å². The smallest absolute Gasteiger partial charge is 0.241 e. The molecule has 3 aliphatic heterocycles. The zero-order valence-corrected chi connectivity index (χ0v) is 22.8. The zero-order valence-electron chi connectivity index (χ0n) is 22.8. The Balaban J connectivity index is 1.31. The molecule has 5 rings (SSSR count). The first kappa shape index (κ1) is 27.1. The predicted molar refractivity (Wildman–Crippen MR) is 144 cm³/mol. The summed E-state index contributed by atoms with van der Waals surface area (Å²) in [5.74, 6) is -0.205. The third-order valence-electron chi connectivity index (χ3n) is 8.14. The molecule has 0 unspecified atom stereocenters. The Morgan fingerprint density at radius 2 is 1.95 bits per heavy atom.